The Hall–Kier alpha value is -4.22. The van der Waals surface area contributed by atoms with Crippen LogP contribution in [0.4, 0.5) is 17.4 Å². The summed E-state index contributed by atoms with van der Waals surface area (Å²) >= 11 is 0. The zero-order chi connectivity index (χ0) is 28.3. The van der Waals surface area contributed by atoms with E-state index < -0.39 is 0 Å². The molecular formula is C29H35N7O5. The first-order chi connectivity index (χ1) is 19.9. The van der Waals surface area contributed by atoms with Crippen LogP contribution in [0.1, 0.15) is 83.5 Å². The summed E-state index contributed by atoms with van der Waals surface area (Å²) in [7, 11) is 0. The molecule has 12 nitrogen and oxygen atoms in total. The maximum Gasteiger partial charge on any atom is 0.318 e. The molecule has 2 saturated heterocycles. The van der Waals surface area contributed by atoms with Crippen LogP contribution < -0.4 is 15.1 Å². The van der Waals surface area contributed by atoms with Crippen molar-refractivity contribution >= 4 is 35.0 Å². The highest BCUT2D eigenvalue weighted by Gasteiger charge is 2.30. The van der Waals surface area contributed by atoms with Crippen LogP contribution in [0.15, 0.2) is 33.3 Å². The normalized spacial score (nSPS) is 17.4. The van der Waals surface area contributed by atoms with E-state index in [2.05, 4.69) is 25.4 Å². The van der Waals surface area contributed by atoms with Crippen LogP contribution >= 0.6 is 0 Å². The van der Waals surface area contributed by atoms with Gasteiger partial charge in [-0.15, -0.1) is 5.10 Å². The molecule has 41 heavy (non-hydrogen) atoms. The topological polar surface area (TPSA) is 138 Å². The van der Waals surface area contributed by atoms with Crippen molar-refractivity contribution in [1.82, 2.24) is 20.1 Å². The molecule has 12 heteroatoms. The zero-order valence-electron chi connectivity index (χ0n) is 23.3. The third-order valence-corrected chi connectivity index (χ3v) is 7.91. The van der Waals surface area contributed by atoms with Crippen LogP contribution in [-0.4, -0.2) is 76.9 Å². The molecule has 0 atom stereocenters. The van der Waals surface area contributed by atoms with Crippen LogP contribution in [0, 0.1) is 6.92 Å². The number of aromatic nitrogens is 3. The quantitative estimate of drug-likeness (QED) is 0.272. The summed E-state index contributed by atoms with van der Waals surface area (Å²) in [4.78, 5) is 48.6. The van der Waals surface area contributed by atoms with E-state index in [1.165, 1.54) is 6.26 Å². The Kier molecular flexibility index (Phi) is 7.71. The number of hydrogen-bond acceptors (Lipinski definition) is 10. The zero-order valence-corrected chi connectivity index (χ0v) is 23.3. The van der Waals surface area contributed by atoms with Crippen molar-refractivity contribution in [2.75, 3.05) is 54.4 Å². The second-order valence-corrected chi connectivity index (χ2v) is 11.0. The van der Waals surface area contributed by atoms with Crippen molar-refractivity contribution in [2.24, 2.45) is 0 Å². The van der Waals surface area contributed by atoms with E-state index in [4.69, 9.17) is 8.83 Å². The summed E-state index contributed by atoms with van der Waals surface area (Å²) < 4.78 is 11.1. The summed E-state index contributed by atoms with van der Waals surface area (Å²) in [5.41, 5.74) is 2.15. The number of nitrogens with one attached hydrogen (secondary N) is 1. The van der Waals surface area contributed by atoms with Gasteiger partial charge in [0.15, 0.2) is 17.4 Å². The molecule has 0 radical (unpaired) electrons. The van der Waals surface area contributed by atoms with Crippen LogP contribution in [0.5, 0.6) is 0 Å². The van der Waals surface area contributed by atoms with Gasteiger partial charge in [0.2, 0.25) is 11.8 Å². The lowest BCUT2D eigenvalue weighted by Crippen LogP contribution is -2.47. The van der Waals surface area contributed by atoms with E-state index in [1.54, 1.807) is 13.0 Å². The maximum absolute atomic E-state index is 13.2. The van der Waals surface area contributed by atoms with E-state index in [-0.39, 0.29) is 23.3 Å². The Labute approximate surface area is 238 Å². The van der Waals surface area contributed by atoms with Crippen molar-refractivity contribution in [3.63, 3.8) is 0 Å². The fraction of sp³-hybridized carbons (Fsp3) is 0.517. The molecule has 2 aromatic heterocycles. The van der Waals surface area contributed by atoms with Gasteiger partial charge in [-0.2, -0.15) is 0 Å². The predicted molar refractivity (Wildman–Crippen MR) is 150 cm³/mol. The summed E-state index contributed by atoms with van der Waals surface area (Å²) in [6, 6.07) is 5.99. The second-order valence-electron chi connectivity index (χ2n) is 11.0. The lowest BCUT2D eigenvalue weighted by atomic mass is 10.0. The Morgan fingerprint density at radius 3 is 2.56 bits per heavy atom. The largest absolute Gasteiger partial charge is 0.448 e. The van der Waals surface area contributed by atoms with Gasteiger partial charge in [-0.05, 0) is 50.3 Å². The molecule has 1 aliphatic carbocycles. The fourth-order valence-electron chi connectivity index (χ4n) is 5.41. The number of nitrogens with zero attached hydrogens (tertiary/aromatic N) is 6. The summed E-state index contributed by atoms with van der Waals surface area (Å²) in [6.45, 7) is 5.95. The molecular weight excluding hydrogens is 526 g/mol. The van der Waals surface area contributed by atoms with Gasteiger partial charge >= 0.3 is 6.01 Å². The first-order valence-electron chi connectivity index (χ1n) is 14.5. The lowest BCUT2D eigenvalue weighted by molar-refractivity contribution is -0.127. The van der Waals surface area contributed by atoms with Gasteiger partial charge in [0.05, 0.1) is 11.4 Å². The predicted octanol–water partition coefficient (Wildman–Crippen LogP) is 3.80. The van der Waals surface area contributed by atoms with Crippen molar-refractivity contribution in [3.8, 4) is 0 Å². The Bertz CT molecular complexity index is 1420. The highest BCUT2D eigenvalue weighted by molar-refractivity contribution is 6.06. The average Bonchev–Trinajstić information content (AvgIpc) is 3.33. The van der Waals surface area contributed by atoms with Crippen LogP contribution in [-0.2, 0) is 4.79 Å². The Morgan fingerprint density at radius 2 is 1.85 bits per heavy atom. The summed E-state index contributed by atoms with van der Waals surface area (Å²) in [5.74, 6) is 1.26. The maximum atomic E-state index is 13.2. The number of aryl methyl sites for hydroxylation is 1. The third kappa shape index (κ3) is 6.26. The first-order valence-corrected chi connectivity index (χ1v) is 14.5. The van der Waals surface area contributed by atoms with Gasteiger partial charge in [-0.3, -0.25) is 14.4 Å². The van der Waals surface area contributed by atoms with Gasteiger partial charge in [-0.25, -0.2) is 4.98 Å². The molecule has 216 valence electrons. The van der Waals surface area contributed by atoms with E-state index in [1.807, 2.05) is 21.9 Å². The van der Waals surface area contributed by atoms with Crippen LogP contribution in [0.25, 0.3) is 0 Å². The number of hydrogen-bond donors (Lipinski definition) is 1. The van der Waals surface area contributed by atoms with Gasteiger partial charge in [0.25, 0.3) is 5.91 Å². The molecule has 1 aromatic carbocycles. The highest BCUT2D eigenvalue weighted by Crippen LogP contribution is 2.39. The molecule has 0 bridgehead atoms. The van der Waals surface area contributed by atoms with E-state index in [0.717, 1.165) is 37.9 Å². The number of carbonyl (C=O) groups excluding carboxylic acids is 3. The molecule has 6 rings (SSSR count). The van der Waals surface area contributed by atoms with Gasteiger partial charge in [0, 0.05) is 70.5 Å². The monoisotopic (exact) mass is 561 g/mol. The molecule has 0 spiro atoms. The molecule has 1 N–H and O–H groups in total. The minimum absolute atomic E-state index is 0.00818. The Balaban J connectivity index is 1.14. The molecule has 3 fully saturated rings. The minimum atomic E-state index is -0.373. The molecule has 2 amide bonds. The van der Waals surface area contributed by atoms with Crippen molar-refractivity contribution < 1.29 is 23.2 Å². The Morgan fingerprint density at radius 1 is 1.05 bits per heavy atom. The van der Waals surface area contributed by atoms with E-state index >= 15 is 0 Å². The molecule has 4 heterocycles. The molecule has 0 unspecified atom stereocenters. The number of Topliss-reactive ketones (excluding diaryl/α,β-unsaturated/α-hetero) is 1. The molecule has 1 saturated carbocycles. The van der Waals surface area contributed by atoms with Crippen LogP contribution in [0.2, 0.25) is 0 Å². The number of piperazine rings is 1. The number of oxazole rings is 1. The number of anilines is 3. The standard InChI is InChI=1S/C29H35N7O5/c1-19-32-33-29(41-19)36-15-13-34(14-16-36)24-10-9-21(25(37)5-2-3-11-35-12-4-6-26(35)38)17-22(24)30-27(39)23-18-40-28(31-23)20-7-8-20/h9-10,17-18,20H,2-8,11-16H2,1H3,(H,30,39). The smallest absolute Gasteiger partial charge is 0.318 e. The SMILES string of the molecule is Cc1nnc(N2CCN(c3ccc(C(=O)CCCCN4CCCC4=O)cc3NC(=O)c3coc(C4CC4)n3)CC2)o1. The summed E-state index contributed by atoms with van der Waals surface area (Å²) in [5, 5.41) is 11.0. The number of carbonyl (C=O) groups is 3. The molecule has 3 aromatic rings. The van der Waals surface area contributed by atoms with Crippen LogP contribution in [0.3, 0.4) is 0 Å². The number of benzene rings is 1. The van der Waals surface area contributed by atoms with Crippen molar-refractivity contribution in [2.45, 2.75) is 57.8 Å². The number of amides is 2. The molecule has 3 aliphatic rings. The van der Waals surface area contributed by atoms with Gasteiger partial charge in [-0.1, -0.05) is 5.10 Å². The minimum Gasteiger partial charge on any atom is -0.448 e. The van der Waals surface area contributed by atoms with Gasteiger partial charge < -0.3 is 28.9 Å². The number of rotatable bonds is 11. The average molecular weight is 562 g/mol. The third-order valence-electron chi connectivity index (χ3n) is 7.91. The number of ketones is 1. The lowest BCUT2D eigenvalue weighted by Gasteiger charge is -2.36. The second kappa shape index (κ2) is 11.7. The van der Waals surface area contributed by atoms with Crippen molar-refractivity contribution in [1.29, 1.82) is 0 Å². The van der Waals surface area contributed by atoms with E-state index in [0.29, 0.717) is 87.0 Å². The highest BCUT2D eigenvalue weighted by atomic mass is 16.4. The summed E-state index contributed by atoms with van der Waals surface area (Å²) in [6.07, 6.45) is 6.87. The van der Waals surface area contributed by atoms with Gasteiger partial charge in [0.1, 0.15) is 6.26 Å². The molecule has 2 aliphatic heterocycles. The number of unbranched alkanes of at least 4 members (excludes halogenated alkanes) is 1. The van der Waals surface area contributed by atoms with Crippen molar-refractivity contribution in [3.05, 3.63) is 47.5 Å². The van der Waals surface area contributed by atoms with E-state index in [9.17, 15) is 14.4 Å². The number of likely N-dealkylation sites (tertiary alicyclic amines) is 1. The first kappa shape index (κ1) is 27.0. The fourth-order valence-corrected chi connectivity index (χ4v) is 5.41.